The van der Waals surface area contributed by atoms with Crippen LogP contribution in [0.25, 0.3) is 0 Å². The maximum absolute atomic E-state index is 9.48. The van der Waals surface area contributed by atoms with Crippen molar-refractivity contribution in [1.29, 1.82) is 0 Å². The zero-order chi connectivity index (χ0) is 18.7. The average molecular weight is 489 g/mol. The highest BCUT2D eigenvalue weighted by Gasteiger charge is 2.31. The van der Waals surface area contributed by atoms with E-state index < -0.39 is 0 Å². The number of nitrogens with zero attached hydrogens (tertiary/aromatic N) is 1. The molecule has 0 heterocycles. The van der Waals surface area contributed by atoms with Crippen LogP contribution < -0.4 is 15.4 Å². The van der Waals surface area contributed by atoms with Gasteiger partial charge in [0.25, 0.3) is 0 Å². The molecule has 1 aliphatic carbocycles. The van der Waals surface area contributed by atoms with Crippen molar-refractivity contribution in [3.05, 3.63) is 29.8 Å². The third kappa shape index (κ3) is 7.86. The molecule has 1 saturated carbocycles. The molecule has 0 unspecified atom stereocenters. The Morgan fingerprint density at radius 1 is 1.19 bits per heavy atom. The molecule has 0 amide bonds. The number of aliphatic hydroxyl groups excluding tert-OH is 1. The van der Waals surface area contributed by atoms with Crippen LogP contribution in [0.15, 0.2) is 29.3 Å². The molecule has 1 aliphatic rings. The molecule has 5 nitrogen and oxygen atoms in total. The standard InChI is InChI=1S/C21H35N3O2.HI/c1-3-22-20(23-15-11-18-9-5-6-10-19(18)26-2)24-17-21(14-16-25)12-7-4-8-13-21;/h5-6,9-10,25H,3-4,7-8,11-17H2,1-2H3,(H2,22,23,24);1H. The molecule has 0 bridgehead atoms. The van der Waals surface area contributed by atoms with E-state index in [1.807, 2.05) is 18.2 Å². The molecule has 0 radical (unpaired) electrons. The van der Waals surface area contributed by atoms with Gasteiger partial charge in [-0.2, -0.15) is 0 Å². The van der Waals surface area contributed by atoms with E-state index in [0.29, 0.717) is 0 Å². The predicted octanol–water partition coefficient (Wildman–Crippen LogP) is 3.74. The third-order valence-electron chi connectivity index (χ3n) is 5.35. The first-order chi connectivity index (χ1) is 12.7. The third-order valence-corrected chi connectivity index (χ3v) is 5.35. The number of ether oxygens (including phenoxy) is 1. The highest BCUT2D eigenvalue weighted by atomic mass is 127. The molecule has 154 valence electrons. The average Bonchev–Trinajstić information content (AvgIpc) is 2.67. The zero-order valence-corrected chi connectivity index (χ0v) is 19.1. The van der Waals surface area contributed by atoms with Gasteiger partial charge in [-0.25, -0.2) is 0 Å². The summed E-state index contributed by atoms with van der Waals surface area (Å²) in [5, 5.41) is 16.3. The summed E-state index contributed by atoms with van der Waals surface area (Å²) in [6.07, 6.45) is 7.93. The first kappa shape index (κ1) is 24.0. The molecule has 1 fully saturated rings. The number of aliphatic hydroxyl groups is 1. The molecule has 0 saturated heterocycles. The second-order valence-corrected chi connectivity index (χ2v) is 7.22. The number of methoxy groups -OCH3 is 1. The Morgan fingerprint density at radius 3 is 2.59 bits per heavy atom. The summed E-state index contributed by atoms with van der Waals surface area (Å²) in [6.45, 7) is 4.78. The summed E-state index contributed by atoms with van der Waals surface area (Å²) in [6, 6.07) is 8.13. The predicted molar refractivity (Wildman–Crippen MR) is 123 cm³/mol. The monoisotopic (exact) mass is 489 g/mol. The van der Waals surface area contributed by atoms with E-state index in [0.717, 1.165) is 44.2 Å². The van der Waals surface area contributed by atoms with Gasteiger partial charge in [-0.1, -0.05) is 37.5 Å². The summed E-state index contributed by atoms with van der Waals surface area (Å²) >= 11 is 0. The van der Waals surface area contributed by atoms with Gasteiger partial charge >= 0.3 is 0 Å². The first-order valence-corrected chi connectivity index (χ1v) is 9.98. The fourth-order valence-corrected chi connectivity index (χ4v) is 3.84. The fraction of sp³-hybridized carbons (Fsp3) is 0.667. The lowest BCUT2D eigenvalue weighted by Gasteiger charge is -2.35. The van der Waals surface area contributed by atoms with Gasteiger partial charge in [-0.05, 0) is 49.7 Å². The smallest absolute Gasteiger partial charge is 0.191 e. The Morgan fingerprint density at radius 2 is 1.93 bits per heavy atom. The van der Waals surface area contributed by atoms with E-state index in [2.05, 4.69) is 23.6 Å². The molecule has 0 atom stereocenters. The lowest BCUT2D eigenvalue weighted by atomic mass is 9.72. The van der Waals surface area contributed by atoms with Crippen molar-refractivity contribution in [2.45, 2.75) is 51.9 Å². The van der Waals surface area contributed by atoms with Crippen LogP contribution in [0.2, 0.25) is 0 Å². The zero-order valence-electron chi connectivity index (χ0n) is 16.8. The van der Waals surface area contributed by atoms with Crippen LogP contribution in [0.1, 0.15) is 51.0 Å². The number of hydrogen-bond acceptors (Lipinski definition) is 3. The van der Waals surface area contributed by atoms with Crippen LogP contribution in [0.5, 0.6) is 5.75 Å². The van der Waals surface area contributed by atoms with Crippen molar-refractivity contribution in [3.63, 3.8) is 0 Å². The Labute approximate surface area is 181 Å². The van der Waals surface area contributed by atoms with E-state index in [1.54, 1.807) is 7.11 Å². The molecule has 27 heavy (non-hydrogen) atoms. The highest BCUT2D eigenvalue weighted by Crippen LogP contribution is 2.39. The van der Waals surface area contributed by atoms with Crippen LogP contribution in [-0.4, -0.2) is 44.4 Å². The minimum atomic E-state index is 0. The van der Waals surface area contributed by atoms with Crippen molar-refractivity contribution in [2.24, 2.45) is 10.4 Å². The maximum Gasteiger partial charge on any atom is 0.191 e. The van der Waals surface area contributed by atoms with Gasteiger partial charge in [0.15, 0.2) is 5.96 Å². The number of nitrogens with one attached hydrogen (secondary N) is 2. The van der Waals surface area contributed by atoms with E-state index >= 15 is 0 Å². The number of para-hydroxylation sites is 1. The van der Waals surface area contributed by atoms with Crippen molar-refractivity contribution >= 4 is 29.9 Å². The summed E-state index contributed by atoms with van der Waals surface area (Å²) in [5.74, 6) is 1.80. The van der Waals surface area contributed by atoms with Crippen molar-refractivity contribution < 1.29 is 9.84 Å². The molecule has 0 aromatic heterocycles. The van der Waals surface area contributed by atoms with Crippen LogP contribution >= 0.6 is 24.0 Å². The number of guanidine groups is 1. The fourth-order valence-electron chi connectivity index (χ4n) is 3.84. The van der Waals surface area contributed by atoms with Crippen LogP contribution in [0.3, 0.4) is 0 Å². The molecular weight excluding hydrogens is 453 g/mol. The van der Waals surface area contributed by atoms with Crippen molar-refractivity contribution in [1.82, 2.24) is 10.6 Å². The van der Waals surface area contributed by atoms with Crippen LogP contribution in [-0.2, 0) is 6.42 Å². The second-order valence-electron chi connectivity index (χ2n) is 7.22. The van der Waals surface area contributed by atoms with Gasteiger partial charge in [0.2, 0.25) is 0 Å². The Kier molecular flexibility index (Phi) is 11.7. The minimum absolute atomic E-state index is 0. The van der Waals surface area contributed by atoms with Crippen LogP contribution in [0.4, 0.5) is 0 Å². The van der Waals surface area contributed by atoms with Gasteiger partial charge < -0.3 is 20.5 Å². The van der Waals surface area contributed by atoms with Gasteiger partial charge in [0.05, 0.1) is 7.11 Å². The number of hydrogen-bond donors (Lipinski definition) is 3. The molecule has 6 heteroatoms. The van der Waals surface area contributed by atoms with E-state index in [4.69, 9.17) is 9.73 Å². The van der Waals surface area contributed by atoms with E-state index in [9.17, 15) is 5.11 Å². The molecule has 1 aromatic rings. The normalized spacial score (nSPS) is 16.3. The number of aliphatic imine (C=N–C) groups is 1. The van der Waals surface area contributed by atoms with E-state index in [1.165, 1.54) is 37.7 Å². The maximum atomic E-state index is 9.48. The summed E-state index contributed by atoms with van der Waals surface area (Å²) in [5.41, 5.74) is 1.38. The van der Waals surface area contributed by atoms with Gasteiger partial charge in [-0.3, -0.25) is 4.99 Å². The first-order valence-electron chi connectivity index (χ1n) is 9.98. The molecule has 1 aromatic carbocycles. The molecule has 0 aliphatic heterocycles. The molecule has 2 rings (SSSR count). The van der Waals surface area contributed by atoms with E-state index in [-0.39, 0.29) is 36.0 Å². The summed E-state index contributed by atoms with van der Waals surface area (Å²) in [4.78, 5) is 4.85. The highest BCUT2D eigenvalue weighted by molar-refractivity contribution is 14.0. The number of halogens is 1. The van der Waals surface area contributed by atoms with Crippen LogP contribution in [0, 0.1) is 5.41 Å². The Hall–Kier alpha value is -1.02. The second kappa shape index (κ2) is 13.2. The number of benzene rings is 1. The Bertz CT molecular complexity index is 555. The van der Waals surface area contributed by atoms with Crippen molar-refractivity contribution in [2.75, 3.05) is 33.4 Å². The quantitative estimate of drug-likeness (QED) is 0.281. The largest absolute Gasteiger partial charge is 0.496 e. The van der Waals surface area contributed by atoms with Gasteiger partial charge in [0.1, 0.15) is 5.75 Å². The topological polar surface area (TPSA) is 65.9 Å². The Balaban J connectivity index is 0.00000364. The van der Waals surface area contributed by atoms with Gasteiger partial charge in [0, 0.05) is 26.2 Å². The summed E-state index contributed by atoms with van der Waals surface area (Å²) in [7, 11) is 1.71. The SMILES string of the molecule is CCNC(=NCC1(CCO)CCCCC1)NCCc1ccccc1OC.I. The lowest BCUT2D eigenvalue weighted by molar-refractivity contribution is 0.137. The van der Waals surface area contributed by atoms with Gasteiger partial charge in [-0.15, -0.1) is 24.0 Å². The molecule has 0 spiro atoms. The lowest BCUT2D eigenvalue weighted by Crippen LogP contribution is -2.40. The summed E-state index contributed by atoms with van der Waals surface area (Å²) < 4.78 is 5.42. The number of rotatable bonds is 9. The minimum Gasteiger partial charge on any atom is -0.496 e. The molecular formula is C21H36IN3O2. The van der Waals surface area contributed by atoms with Crippen molar-refractivity contribution in [3.8, 4) is 5.75 Å². The molecule has 3 N–H and O–H groups in total.